The van der Waals surface area contributed by atoms with Gasteiger partial charge in [-0.25, -0.2) is 0 Å². The fourth-order valence-corrected chi connectivity index (χ4v) is 2.35. The summed E-state index contributed by atoms with van der Waals surface area (Å²) in [4.78, 5) is 0. The molecule has 68 valence electrons. The molecule has 1 aromatic carbocycles. The van der Waals surface area contributed by atoms with Crippen LogP contribution in [-0.4, -0.2) is 15.6 Å². The highest BCUT2D eigenvalue weighted by Crippen LogP contribution is 1.89. The molecule has 0 aliphatic rings. The monoisotopic (exact) mass is 190 g/mol. The quantitative estimate of drug-likeness (QED) is 0.515. The van der Waals surface area contributed by atoms with Crippen LogP contribution in [0, 0.1) is 11.8 Å². The minimum absolute atomic E-state index is 0.568. The third-order valence-electron chi connectivity index (χ3n) is 1.85. The van der Waals surface area contributed by atoms with E-state index in [9.17, 15) is 0 Å². The van der Waals surface area contributed by atoms with Crippen molar-refractivity contribution in [1.82, 2.24) is 0 Å². The minimum atomic E-state index is -1.19. The summed E-state index contributed by atoms with van der Waals surface area (Å²) >= 11 is 0. The van der Waals surface area contributed by atoms with Crippen LogP contribution in [0.3, 0.4) is 0 Å². The predicted molar refractivity (Wildman–Crippen MR) is 58.5 cm³/mol. The van der Waals surface area contributed by atoms with E-state index in [1.807, 2.05) is 25.1 Å². The Hall–Kier alpha value is -1.04. The smallest absolute Gasteiger partial charge is 0.206 e. The molecule has 0 saturated heterocycles. The van der Waals surface area contributed by atoms with Gasteiger partial charge in [0.05, 0.1) is 6.61 Å². The van der Waals surface area contributed by atoms with E-state index in [0.29, 0.717) is 6.61 Å². The van der Waals surface area contributed by atoms with Gasteiger partial charge in [0.15, 0.2) is 0 Å². The summed E-state index contributed by atoms with van der Waals surface area (Å²) in [5, 5.41) is 1.33. The first-order chi connectivity index (χ1) is 6.34. The number of rotatable bonds is 3. The van der Waals surface area contributed by atoms with E-state index in [0.717, 1.165) is 0 Å². The molecule has 0 aromatic heterocycles. The molecule has 0 aliphatic heterocycles. The Morgan fingerprint density at radius 3 is 2.62 bits per heavy atom. The molecule has 0 heterocycles. The molecule has 2 heteroatoms. The van der Waals surface area contributed by atoms with Crippen LogP contribution in [0.15, 0.2) is 30.3 Å². The van der Waals surface area contributed by atoms with Gasteiger partial charge in [-0.3, -0.25) is 0 Å². The molecule has 1 atom stereocenters. The van der Waals surface area contributed by atoms with Crippen LogP contribution in [0.25, 0.3) is 0 Å². The number of hydrogen-bond acceptors (Lipinski definition) is 1. The highest BCUT2D eigenvalue weighted by molar-refractivity contribution is 6.66. The standard InChI is InChI=1S/C11H14OSi/c1-3-4-10-12-13(2)11-8-6-5-7-9-11/h5-9,13H,10H2,1-2H3. The van der Waals surface area contributed by atoms with Crippen LogP contribution in [0.4, 0.5) is 0 Å². The molecule has 0 radical (unpaired) electrons. The summed E-state index contributed by atoms with van der Waals surface area (Å²) in [6, 6.07) is 10.4. The van der Waals surface area contributed by atoms with Crippen molar-refractivity contribution in [3.05, 3.63) is 30.3 Å². The van der Waals surface area contributed by atoms with Crippen LogP contribution in [0.1, 0.15) is 6.92 Å². The zero-order chi connectivity index (χ0) is 9.52. The number of benzene rings is 1. The molecule has 13 heavy (non-hydrogen) atoms. The van der Waals surface area contributed by atoms with Crippen molar-refractivity contribution in [3.8, 4) is 11.8 Å². The van der Waals surface area contributed by atoms with Crippen molar-refractivity contribution in [2.24, 2.45) is 0 Å². The molecule has 1 rings (SSSR count). The maximum atomic E-state index is 5.63. The second-order valence-electron chi connectivity index (χ2n) is 2.79. The zero-order valence-electron chi connectivity index (χ0n) is 8.08. The van der Waals surface area contributed by atoms with Crippen LogP contribution >= 0.6 is 0 Å². The van der Waals surface area contributed by atoms with E-state index in [4.69, 9.17) is 4.43 Å². The summed E-state index contributed by atoms with van der Waals surface area (Å²) < 4.78 is 5.63. The van der Waals surface area contributed by atoms with E-state index < -0.39 is 9.04 Å². The highest BCUT2D eigenvalue weighted by Gasteiger charge is 2.05. The van der Waals surface area contributed by atoms with E-state index in [2.05, 4.69) is 30.5 Å². The zero-order valence-corrected chi connectivity index (χ0v) is 9.23. The van der Waals surface area contributed by atoms with Crippen molar-refractivity contribution >= 4 is 14.2 Å². The third kappa shape index (κ3) is 3.45. The second-order valence-corrected chi connectivity index (χ2v) is 5.08. The van der Waals surface area contributed by atoms with Gasteiger partial charge >= 0.3 is 0 Å². The predicted octanol–water partition coefficient (Wildman–Crippen LogP) is 1.29. The normalized spacial score (nSPS) is 11.5. The maximum absolute atomic E-state index is 5.63. The first kappa shape index (κ1) is 10.0. The van der Waals surface area contributed by atoms with Crippen molar-refractivity contribution in [1.29, 1.82) is 0 Å². The van der Waals surface area contributed by atoms with Crippen LogP contribution < -0.4 is 5.19 Å². The van der Waals surface area contributed by atoms with Crippen molar-refractivity contribution in [3.63, 3.8) is 0 Å². The number of hydrogen-bond donors (Lipinski definition) is 0. The lowest BCUT2D eigenvalue weighted by Gasteiger charge is -2.08. The Kier molecular flexibility index (Phi) is 4.31. The van der Waals surface area contributed by atoms with Crippen LogP contribution in [0.5, 0.6) is 0 Å². The Labute approximate surface area is 81.5 Å². The van der Waals surface area contributed by atoms with E-state index in [1.165, 1.54) is 5.19 Å². The first-order valence-electron chi connectivity index (χ1n) is 4.40. The summed E-state index contributed by atoms with van der Waals surface area (Å²) in [6.07, 6.45) is 0. The summed E-state index contributed by atoms with van der Waals surface area (Å²) in [5.41, 5.74) is 0. The molecule has 1 nitrogen and oxygen atoms in total. The first-order valence-corrected chi connectivity index (χ1v) is 6.61. The lowest BCUT2D eigenvalue weighted by atomic mass is 10.4. The Balaban J connectivity index is 2.47. The lowest BCUT2D eigenvalue weighted by Crippen LogP contribution is -2.29. The fraction of sp³-hybridized carbons (Fsp3) is 0.273. The Morgan fingerprint density at radius 2 is 2.00 bits per heavy atom. The molecule has 0 fully saturated rings. The van der Waals surface area contributed by atoms with E-state index in [-0.39, 0.29) is 0 Å². The molecule has 0 aliphatic carbocycles. The largest absolute Gasteiger partial charge is 0.405 e. The summed E-state index contributed by atoms with van der Waals surface area (Å²) in [5.74, 6) is 5.73. The van der Waals surface area contributed by atoms with Gasteiger partial charge < -0.3 is 4.43 Å². The summed E-state index contributed by atoms with van der Waals surface area (Å²) in [6.45, 7) is 4.57. The van der Waals surface area contributed by atoms with Gasteiger partial charge in [0, 0.05) is 0 Å². The molecule has 0 saturated carbocycles. The van der Waals surface area contributed by atoms with Crippen molar-refractivity contribution in [2.45, 2.75) is 13.5 Å². The molecule has 1 unspecified atom stereocenters. The maximum Gasteiger partial charge on any atom is 0.206 e. The lowest BCUT2D eigenvalue weighted by molar-refractivity contribution is 0.386. The molecule has 0 bridgehead atoms. The fourth-order valence-electron chi connectivity index (χ4n) is 1.06. The van der Waals surface area contributed by atoms with Crippen molar-refractivity contribution < 1.29 is 4.43 Å². The average molecular weight is 190 g/mol. The van der Waals surface area contributed by atoms with Gasteiger partial charge in [-0.05, 0) is 18.7 Å². The van der Waals surface area contributed by atoms with Gasteiger partial charge in [0.2, 0.25) is 9.04 Å². The van der Waals surface area contributed by atoms with Gasteiger partial charge in [0.25, 0.3) is 0 Å². The molecule has 0 N–H and O–H groups in total. The average Bonchev–Trinajstić information content (AvgIpc) is 2.19. The van der Waals surface area contributed by atoms with Crippen molar-refractivity contribution in [2.75, 3.05) is 6.61 Å². The topological polar surface area (TPSA) is 9.23 Å². The van der Waals surface area contributed by atoms with Gasteiger partial charge in [-0.1, -0.05) is 36.3 Å². The molecule has 1 aromatic rings. The summed E-state index contributed by atoms with van der Waals surface area (Å²) in [7, 11) is -1.19. The second kappa shape index (κ2) is 5.58. The molecule has 0 amide bonds. The van der Waals surface area contributed by atoms with Gasteiger partial charge in [0.1, 0.15) is 0 Å². The molecular weight excluding hydrogens is 176 g/mol. The van der Waals surface area contributed by atoms with E-state index >= 15 is 0 Å². The molecule has 0 spiro atoms. The van der Waals surface area contributed by atoms with Gasteiger partial charge in [-0.15, -0.1) is 5.92 Å². The van der Waals surface area contributed by atoms with Crippen LogP contribution in [-0.2, 0) is 4.43 Å². The van der Waals surface area contributed by atoms with E-state index in [1.54, 1.807) is 0 Å². The molecular formula is C11H14OSi. The van der Waals surface area contributed by atoms with Crippen LogP contribution in [0.2, 0.25) is 6.55 Å². The SMILES string of the molecule is CC#CCO[SiH](C)c1ccccc1. The Bertz CT molecular complexity index is 297. The highest BCUT2D eigenvalue weighted by atomic mass is 28.3. The third-order valence-corrected chi connectivity index (χ3v) is 3.84. The minimum Gasteiger partial charge on any atom is -0.405 e. The Morgan fingerprint density at radius 1 is 1.31 bits per heavy atom. The van der Waals surface area contributed by atoms with Gasteiger partial charge in [-0.2, -0.15) is 0 Å².